The molecule has 4 nitrogen and oxygen atoms in total. The van der Waals surface area contributed by atoms with Crippen molar-refractivity contribution >= 4 is 28.9 Å². The molecular formula is C12H11ClN2O2. The van der Waals surface area contributed by atoms with E-state index in [0.717, 1.165) is 5.56 Å². The first-order valence-electron chi connectivity index (χ1n) is 4.99. The maximum Gasteiger partial charge on any atom is 0.291 e. The van der Waals surface area contributed by atoms with Gasteiger partial charge in [-0.3, -0.25) is 4.79 Å². The summed E-state index contributed by atoms with van der Waals surface area (Å²) in [7, 11) is 0. The highest BCUT2D eigenvalue weighted by atomic mass is 35.5. The zero-order valence-corrected chi connectivity index (χ0v) is 9.91. The molecule has 0 bridgehead atoms. The molecule has 88 valence electrons. The number of nitrogens with one attached hydrogen (secondary N) is 1. The fourth-order valence-electron chi connectivity index (χ4n) is 1.38. The number of nitrogen functional groups attached to an aromatic ring is 1. The van der Waals surface area contributed by atoms with Crippen molar-refractivity contribution in [3.05, 3.63) is 46.9 Å². The predicted octanol–water partition coefficient (Wildman–Crippen LogP) is 3.08. The minimum absolute atomic E-state index is 0.171. The minimum atomic E-state index is -0.346. The largest absolute Gasteiger partial charge is 0.440 e. The Morgan fingerprint density at radius 2 is 2.12 bits per heavy atom. The van der Waals surface area contributed by atoms with Crippen LogP contribution in [0.25, 0.3) is 0 Å². The van der Waals surface area contributed by atoms with E-state index in [2.05, 4.69) is 5.32 Å². The summed E-state index contributed by atoms with van der Waals surface area (Å²) in [6, 6.07) is 8.29. The molecule has 17 heavy (non-hydrogen) atoms. The van der Waals surface area contributed by atoms with Gasteiger partial charge in [0.1, 0.15) is 0 Å². The molecule has 0 unspecified atom stereocenters. The highest BCUT2D eigenvalue weighted by molar-refractivity contribution is 6.29. The third kappa shape index (κ3) is 2.60. The summed E-state index contributed by atoms with van der Waals surface area (Å²) in [4.78, 5) is 11.7. The molecule has 0 saturated heterocycles. The summed E-state index contributed by atoms with van der Waals surface area (Å²) in [5, 5.41) is 2.88. The number of halogens is 1. The van der Waals surface area contributed by atoms with Crippen LogP contribution in [-0.2, 0) is 0 Å². The van der Waals surface area contributed by atoms with Crippen LogP contribution in [0.3, 0.4) is 0 Å². The Bertz CT molecular complexity index is 563. The van der Waals surface area contributed by atoms with E-state index in [1.54, 1.807) is 18.2 Å². The van der Waals surface area contributed by atoms with Gasteiger partial charge in [-0.25, -0.2) is 0 Å². The van der Waals surface area contributed by atoms with Gasteiger partial charge < -0.3 is 15.5 Å². The molecule has 2 aromatic rings. The van der Waals surface area contributed by atoms with Crippen LogP contribution in [-0.4, -0.2) is 5.91 Å². The Morgan fingerprint density at radius 1 is 1.35 bits per heavy atom. The van der Waals surface area contributed by atoms with Crippen molar-refractivity contribution in [3.63, 3.8) is 0 Å². The summed E-state index contributed by atoms with van der Waals surface area (Å²) in [6.45, 7) is 1.87. The molecule has 0 aliphatic carbocycles. The highest BCUT2D eigenvalue weighted by Crippen LogP contribution is 2.18. The molecule has 1 aromatic carbocycles. The first-order chi connectivity index (χ1) is 8.06. The second kappa shape index (κ2) is 4.51. The van der Waals surface area contributed by atoms with Gasteiger partial charge in [-0.2, -0.15) is 0 Å². The average Bonchev–Trinajstić information content (AvgIpc) is 2.70. The lowest BCUT2D eigenvalue weighted by molar-refractivity contribution is 0.0997. The number of aryl methyl sites for hydroxylation is 1. The lowest BCUT2D eigenvalue weighted by Gasteiger charge is -2.05. The number of anilines is 2. The Labute approximate surface area is 103 Å². The van der Waals surface area contributed by atoms with Crippen molar-refractivity contribution in [2.75, 3.05) is 11.1 Å². The molecule has 3 N–H and O–H groups in total. The number of hydrogen-bond acceptors (Lipinski definition) is 3. The van der Waals surface area contributed by atoms with Crippen LogP contribution in [0.4, 0.5) is 11.4 Å². The fraction of sp³-hybridized carbons (Fsp3) is 0.0833. The predicted molar refractivity (Wildman–Crippen MR) is 67.3 cm³/mol. The topological polar surface area (TPSA) is 68.3 Å². The Kier molecular flexibility index (Phi) is 3.06. The number of furan rings is 1. The number of nitrogens with two attached hydrogens (primary N) is 1. The summed E-state index contributed by atoms with van der Waals surface area (Å²) in [5.74, 6) is -0.175. The van der Waals surface area contributed by atoms with E-state index in [4.69, 9.17) is 21.8 Å². The minimum Gasteiger partial charge on any atom is -0.440 e. The van der Waals surface area contributed by atoms with E-state index >= 15 is 0 Å². The van der Waals surface area contributed by atoms with Gasteiger partial charge >= 0.3 is 0 Å². The summed E-state index contributed by atoms with van der Waals surface area (Å²) in [6.07, 6.45) is 0. The number of carbonyl (C=O) groups is 1. The fourth-order valence-corrected chi connectivity index (χ4v) is 1.53. The lowest BCUT2D eigenvalue weighted by atomic mass is 10.2. The third-order valence-electron chi connectivity index (χ3n) is 2.32. The quantitative estimate of drug-likeness (QED) is 0.805. The Balaban J connectivity index is 2.15. The number of amides is 1. The number of benzene rings is 1. The highest BCUT2D eigenvalue weighted by Gasteiger charge is 2.10. The lowest BCUT2D eigenvalue weighted by Crippen LogP contribution is -2.11. The van der Waals surface area contributed by atoms with Crippen LogP contribution in [0.15, 0.2) is 34.7 Å². The first-order valence-corrected chi connectivity index (χ1v) is 5.37. The number of rotatable bonds is 2. The van der Waals surface area contributed by atoms with E-state index in [0.29, 0.717) is 11.4 Å². The van der Waals surface area contributed by atoms with Crippen LogP contribution in [0.1, 0.15) is 16.1 Å². The van der Waals surface area contributed by atoms with Crippen LogP contribution in [0.2, 0.25) is 5.22 Å². The normalized spacial score (nSPS) is 10.2. The third-order valence-corrected chi connectivity index (χ3v) is 2.53. The second-order valence-corrected chi connectivity index (χ2v) is 4.00. The molecule has 2 rings (SSSR count). The van der Waals surface area contributed by atoms with E-state index in [1.807, 2.05) is 6.92 Å². The van der Waals surface area contributed by atoms with Gasteiger partial charge in [-0.1, -0.05) is 0 Å². The van der Waals surface area contributed by atoms with Crippen molar-refractivity contribution in [1.82, 2.24) is 0 Å². The van der Waals surface area contributed by atoms with Gasteiger partial charge in [0, 0.05) is 11.4 Å². The SMILES string of the molecule is Cc1cc(NC(=O)c2ccc(Cl)o2)ccc1N. The average molecular weight is 251 g/mol. The van der Waals surface area contributed by atoms with Gasteiger partial charge in [0.15, 0.2) is 11.0 Å². The molecular weight excluding hydrogens is 240 g/mol. The van der Waals surface area contributed by atoms with E-state index in [-0.39, 0.29) is 16.9 Å². The van der Waals surface area contributed by atoms with E-state index < -0.39 is 0 Å². The van der Waals surface area contributed by atoms with Crippen molar-refractivity contribution in [1.29, 1.82) is 0 Å². The molecule has 1 amide bonds. The zero-order chi connectivity index (χ0) is 12.4. The molecule has 5 heteroatoms. The molecule has 0 radical (unpaired) electrons. The first kappa shape index (κ1) is 11.5. The van der Waals surface area contributed by atoms with Crippen molar-refractivity contribution in [2.24, 2.45) is 0 Å². The summed E-state index contributed by atoms with van der Waals surface area (Å²) >= 11 is 5.59. The Hall–Kier alpha value is -1.94. The maximum atomic E-state index is 11.7. The molecule has 0 aliphatic heterocycles. The molecule has 1 aromatic heterocycles. The zero-order valence-electron chi connectivity index (χ0n) is 9.16. The van der Waals surface area contributed by atoms with Gasteiger partial charge in [-0.05, 0) is 54.4 Å². The number of hydrogen-bond donors (Lipinski definition) is 2. The van der Waals surface area contributed by atoms with Crippen LogP contribution in [0.5, 0.6) is 0 Å². The molecule has 0 fully saturated rings. The summed E-state index contributed by atoms with van der Waals surface area (Å²) in [5.41, 5.74) is 7.93. The summed E-state index contributed by atoms with van der Waals surface area (Å²) < 4.78 is 5.00. The molecule has 0 saturated carbocycles. The van der Waals surface area contributed by atoms with Crippen LogP contribution in [0, 0.1) is 6.92 Å². The van der Waals surface area contributed by atoms with Crippen molar-refractivity contribution in [3.8, 4) is 0 Å². The molecule has 1 heterocycles. The maximum absolute atomic E-state index is 11.7. The molecule has 0 aliphatic rings. The number of carbonyl (C=O) groups excluding carboxylic acids is 1. The van der Waals surface area contributed by atoms with E-state index in [1.165, 1.54) is 12.1 Å². The Morgan fingerprint density at radius 3 is 2.71 bits per heavy atom. The smallest absolute Gasteiger partial charge is 0.291 e. The van der Waals surface area contributed by atoms with Gasteiger partial charge in [0.05, 0.1) is 0 Å². The van der Waals surface area contributed by atoms with Gasteiger partial charge in [0.2, 0.25) is 0 Å². The van der Waals surface area contributed by atoms with Gasteiger partial charge in [0.25, 0.3) is 5.91 Å². The van der Waals surface area contributed by atoms with Crippen molar-refractivity contribution < 1.29 is 9.21 Å². The van der Waals surface area contributed by atoms with Crippen molar-refractivity contribution in [2.45, 2.75) is 6.92 Å². The molecule has 0 spiro atoms. The van der Waals surface area contributed by atoms with Crippen LogP contribution >= 0.6 is 11.6 Å². The van der Waals surface area contributed by atoms with Gasteiger partial charge in [-0.15, -0.1) is 0 Å². The standard InChI is InChI=1S/C12H11ClN2O2/c1-7-6-8(2-3-9(7)14)15-12(16)10-4-5-11(13)17-10/h2-6H,14H2,1H3,(H,15,16). The molecule has 0 atom stereocenters. The van der Waals surface area contributed by atoms with E-state index in [9.17, 15) is 4.79 Å². The monoisotopic (exact) mass is 250 g/mol. The second-order valence-electron chi connectivity index (χ2n) is 3.63. The van der Waals surface area contributed by atoms with Crippen LogP contribution < -0.4 is 11.1 Å².